The maximum atomic E-state index is 14.4. The van der Waals surface area contributed by atoms with E-state index < -0.39 is 29.0 Å². The molecule has 0 fully saturated rings. The number of amidine groups is 1. The zero-order chi connectivity index (χ0) is 20.8. The molecule has 29 heavy (non-hydrogen) atoms. The van der Waals surface area contributed by atoms with E-state index in [9.17, 15) is 18.0 Å². The molecule has 2 heterocycles. The van der Waals surface area contributed by atoms with Crippen LogP contribution in [0, 0.1) is 17.5 Å². The van der Waals surface area contributed by atoms with Crippen molar-refractivity contribution in [3.05, 3.63) is 75.5 Å². The molecule has 5 nitrogen and oxygen atoms in total. The highest BCUT2D eigenvalue weighted by Crippen LogP contribution is 2.47. The molecule has 0 amide bonds. The monoisotopic (exact) mass is 421 g/mol. The van der Waals surface area contributed by atoms with E-state index in [2.05, 4.69) is 15.3 Å². The molecule has 1 spiro atoms. The molecule has 2 aromatic rings. The molecule has 1 aliphatic carbocycles. The number of halogens is 4. The Hall–Kier alpha value is -2.87. The Balaban J connectivity index is 1.98. The first-order chi connectivity index (χ1) is 13.9. The molecule has 1 aromatic heterocycles. The molecule has 1 unspecified atom stereocenters. The first-order valence-corrected chi connectivity index (χ1v) is 9.19. The second-order valence-corrected chi connectivity index (χ2v) is 7.14. The number of benzene rings is 1. The lowest BCUT2D eigenvalue weighted by molar-refractivity contribution is -0.137. The Labute approximate surface area is 169 Å². The van der Waals surface area contributed by atoms with E-state index in [4.69, 9.17) is 16.3 Å². The summed E-state index contributed by atoms with van der Waals surface area (Å²) >= 11 is 6.39. The molecule has 1 atom stereocenters. The zero-order valence-corrected chi connectivity index (χ0v) is 16.0. The average Bonchev–Trinajstić information content (AvgIpc) is 2.67. The minimum atomic E-state index is -1.31. The molecule has 1 aromatic carbocycles. The number of methoxy groups -OCH3 is 1. The average molecular weight is 422 g/mol. The van der Waals surface area contributed by atoms with Gasteiger partial charge in [0.1, 0.15) is 33.6 Å². The van der Waals surface area contributed by atoms with E-state index in [1.54, 1.807) is 0 Å². The third-order valence-electron chi connectivity index (χ3n) is 5.08. The van der Waals surface area contributed by atoms with Gasteiger partial charge in [-0.1, -0.05) is 17.7 Å². The molecule has 2 aliphatic rings. The third kappa shape index (κ3) is 3.17. The number of aryl methyl sites for hydroxylation is 1. The van der Waals surface area contributed by atoms with Crippen LogP contribution in [0.2, 0.25) is 0 Å². The SMILES string of the molecule is COC(=O)C1=C(Cl)NC(c2ncc(F)cc2F)=NC12CCCc1cc(F)ccc12. The fraction of sp³-hybridized carbons (Fsp3) is 0.250. The van der Waals surface area contributed by atoms with Crippen LogP contribution >= 0.6 is 11.6 Å². The van der Waals surface area contributed by atoms with Crippen LogP contribution in [0.4, 0.5) is 13.2 Å². The number of fused-ring (bicyclic) bond motifs is 2. The van der Waals surface area contributed by atoms with Gasteiger partial charge in [0.15, 0.2) is 11.7 Å². The van der Waals surface area contributed by atoms with Crippen molar-refractivity contribution in [1.82, 2.24) is 10.3 Å². The lowest BCUT2D eigenvalue weighted by Gasteiger charge is -2.40. The predicted molar refractivity (Wildman–Crippen MR) is 99.7 cm³/mol. The highest BCUT2D eigenvalue weighted by atomic mass is 35.5. The van der Waals surface area contributed by atoms with Crippen LogP contribution in [-0.4, -0.2) is 23.9 Å². The van der Waals surface area contributed by atoms with Gasteiger partial charge in [0.05, 0.1) is 13.3 Å². The number of aromatic nitrogens is 1. The number of pyridine rings is 1. The van der Waals surface area contributed by atoms with E-state index in [1.807, 2.05) is 0 Å². The number of esters is 1. The van der Waals surface area contributed by atoms with E-state index in [0.29, 0.717) is 36.5 Å². The zero-order valence-electron chi connectivity index (χ0n) is 15.2. The minimum Gasteiger partial charge on any atom is -0.465 e. The summed E-state index contributed by atoms with van der Waals surface area (Å²) in [6.45, 7) is 0. The molecule has 4 rings (SSSR count). The lowest BCUT2D eigenvalue weighted by Crippen LogP contribution is -2.44. The lowest BCUT2D eigenvalue weighted by atomic mass is 9.72. The van der Waals surface area contributed by atoms with Crippen LogP contribution < -0.4 is 5.32 Å². The van der Waals surface area contributed by atoms with Crippen molar-refractivity contribution < 1.29 is 22.7 Å². The van der Waals surface area contributed by atoms with E-state index >= 15 is 0 Å². The molecule has 150 valence electrons. The molecule has 9 heteroatoms. The van der Waals surface area contributed by atoms with Gasteiger partial charge < -0.3 is 10.1 Å². The fourth-order valence-electron chi connectivity index (χ4n) is 3.90. The van der Waals surface area contributed by atoms with E-state index in [-0.39, 0.29) is 22.3 Å². The second kappa shape index (κ2) is 7.18. The predicted octanol–water partition coefficient (Wildman–Crippen LogP) is 3.70. The second-order valence-electron chi connectivity index (χ2n) is 6.77. The Morgan fingerprint density at radius 1 is 1.24 bits per heavy atom. The molecule has 0 radical (unpaired) electrons. The topological polar surface area (TPSA) is 63.6 Å². The van der Waals surface area contributed by atoms with Crippen molar-refractivity contribution >= 4 is 23.4 Å². The Bertz CT molecular complexity index is 1090. The Kier molecular flexibility index (Phi) is 4.82. The summed E-state index contributed by atoms with van der Waals surface area (Å²) in [5.41, 5.74) is -0.276. The van der Waals surface area contributed by atoms with Gasteiger partial charge in [-0.2, -0.15) is 0 Å². The highest BCUT2D eigenvalue weighted by Gasteiger charge is 2.48. The van der Waals surface area contributed by atoms with Crippen LogP contribution in [0.25, 0.3) is 0 Å². The van der Waals surface area contributed by atoms with Gasteiger partial charge in [-0.15, -0.1) is 0 Å². The normalized spacial score (nSPS) is 20.8. The number of aliphatic imine (C=N–C) groups is 1. The van der Waals surface area contributed by atoms with Gasteiger partial charge in [-0.25, -0.2) is 27.9 Å². The number of hydrogen-bond donors (Lipinski definition) is 1. The first-order valence-electron chi connectivity index (χ1n) is 8.81. The summed E-state index contributed by atoms with van der Waals surface area (Å²) in [5, 5.41) is 2.56. The quantitative estimate of drug-likeness (QED) is 0.593. The first kappa shape index (κ1) is 19.4. The van der Waals surface area contributed by atoms with Gasteiger partial charge >= 0.3 is 5.97 Å². The molecule has 0 saturated heterocycles. The number of rotatable bonds is 2. The van der Waals surface area contributed by atoms with Crippen LogP contribution in [0.1, 0.15) is 29.7 Å². The number of hydrogen-bond acceptors (Lipinski definition) is 5. The molecule has 1 N–H and O–H groups in total. The summed E-state index contributed by atoms with van der Waals surface area (Å²) < 4.78 is 46.4. The summed E-state index contributed by atoms with van der Waals surface area (Å²) in [5.74, 6) is -2.97. The standard InChI is InChI=1S/C20H15ClF3N3O2/c1-29-19(28)15-17(21)26-18(16-14(24)8-12(23)9-25-16)27-20(15)6-2-3-10-7-11(22)4-5-13(10)20/h4-5,7-9H,2-3,6H2,1H3,(H,26,27). The number of carbonyl (C=O) groups excluding carboxylic acids is 1. The highest BCUT2D eigenvalue weighted by molar-refractivity contribution is 6.33. The number of ether oxygens (including phenoxy) is 1. The van der Waals surface area contributed by atoms with Gasteiger partial charge in [-0.3, -0.25) is 0 Å². The Morgan fingerprint density at radius 3 is 2.76 bits per heavy atom. The van der Waals surface area contributed by atoms with Crippen molar-refractivity contribution in [2.75, 3.05) is 7.11 Å². The molecular formula is C20H15ClF3N3O2. The summed E-state index contributed by atoms with van der Waals surface area (Å²) in [6.07, 6.45) is 2.38. The minimum absolute atomic E-state index is 0.0421. The van der Waals surface area contributed by atoms with Crippen molar-refractivity contribution in [3.8, 4) is 0 Å². The van der Waals surface area contributed by atoms with Gasteiger partial charge in [-0.05, 0) is 42.5 Å². The number of nitrogens with one attached hydrogen (secondary N) is 1. The molecule has 0 saturated carbocycles. The van der Waals surface area contributed by atoms with Crippen molar-refractivity contribution in [2.45, 2.75) is 24.8 Å². The van der Waals surface area contributed by atoms with Crippen LogP contribution in [0.5, 0.6) is 0 Å². The summed E-state index contributed by atoms with van der Waals surface area (Å²) in [4.78, 5) is 21.0. The number of carbonyl (C=O) groups is 1. The third-order valence-corrected chi connectivity index (χ3v) is 5.37. The van der Waals surface area contributed by atoms with Crippen molar-refractivity contribution in [3.63, 3.8) is 0 Å². The van der Waals surface area contributed by atoms with E-state index in [1.165, 1.54) is 25.3 Å². The van der Waals surface area contributed by atoms with Crippen molar-refractivity contribution in [2.24, 2.45) is 4.99 Å². The van der Waals surface area contributed by atoms with Crippen LogP contribution in [0.15, 0.2) is 46.2 Å². The van der Waals surface area contributed by atoms with E-state index in [0.717, 1.165) is 6.20 Å². The van der Waals surface area contributed by atoms with Crippen molar-refractivity contribution in [1.29, 1.82) is 0 Å². The van der Waals surface area contributed by atoms with Gasteiger partial charge in [0.25, 0.3) is 0 Å². The van der Waals surface area contributed by atoms with Crippen LogP contribution in [0.3, 0.4) is 0 Å². The largest absolute Gasteiger partial charge is 0.465 e. The van der Waals surface area contributed by atoms with Gasteiger partial charge in [0.2, 0.25) is 0 Å². The van der Waals surface area contributed by atoms with Gasteiger partial charge in [0, 0.05) is 6.07 Å². The van der Waals surface area contributed by atoms with Crippen LogP contribution in [-0.2, 0) is 21.5 Å². The smallest absolute Gasteiger partial charge is 0.339 e. The number of nitrogens with zero attached hydrogens (tertiary/aromatic N) is 2. The maximum Gasteiger partial charge on any atom is 0.339 e. The molecular weight excluding hydrogens is 407 g/mol. The summed E-state index contributed by atoms with van der Waals surface area (Å²) in [6, 6.07) is 4.87. The molecule has 0 bridgehead atoms. The fourth-order valence-corrected chi connectivity index (χ4v) is 4.22. The Morgan fingerprint density at radius 2 is 2.03 bits per heavy atom. The maximum absolute atomic E-state index is 14.4. The molecule has 1 aliphatic heterocycles. The summed E-state index contributed by atoms with van der Waals surface area (Å²) in [7, 11) is 1.21.